The molecule has 5 heteroatoms. The molecule has 0 aliphatic rings. The van der Waals surface area contributed by atoms with Crippen LogP contribution in [0.3, 0.4) is 0 Å². The number of hydrogen-bond acceptors (Lipinski definition) is 5. The van der Waals surface area contributed by atoms with Crippen LogP contribution >= 0.6 is 0 Å². The van der Waals surface area contributed by atoms with Crippen molar-refractivity contribution in [3.63, 3.8) is 0 Å². The molecule has 0 aliphatic heterocycles. The lowest BCUT2D eigenvalue weighted by Crippen LogP contribution is -2.53. The fraction of sp³-hybridized carbons (Fsp3) is 0.882. The van der Waals surface area contributed by atoms with Gasteiger partial charge in [-0.15, -0.1) is 0 Å². The summed E-state index contributed by atoms with van der Waals surface area (Å²) in [4.78, 5) is 24.2. The first-order chi connectivity index (χ1) is 9.54. The molecule has 0 spiro atoms. The van der Waals surface area contributed by atoms with Crippen molar-refractivity contribution >= 4 is 12.1 Å². The maximum absolute atomic E-state index is 12.3. The van der Waals surface area contributed by atoms with Gasteiger partial charge in [0.05, 0.1) is 5.41 Å². The van der Waals surface area contributed by atoms with Gasteiger partial charge in [-0.05, 0) is 68.7 Å². The van der Waals surface area contributed by atoms with Crippen molar-refractivity contribution in [2.75, 3.05) is 0 Å². The molecule has 130 valence electrons. The van der Waals surface area contributed by atoms with E-state index in [0.29, 0.717) is 6.42 Å². The average molecular weight is 316 g/mol. The standard InChI is InChI=1S/C17H32O5/c1-11-15(5,6)12(18)20-16(7,8)17(9,10)22-13(19)21-14(2,3)4/h11H2,1-10H3. The summed E-state index contributed by atoms with van der Waals surface area (Å²) in [6.07, 6.45) is -0.119. The molecule has 0 aromatic heterocycles. The zero-order valence-electron chi connectivity index (χ0n) is 15.7. The van der Waals surface area contributed by atoms with E-state index in [9.17, 15) is 9.59 Å². The molecule has 0 heterocycles. The zero-order chi connectivity index (χ0) is 18.0. The van der Waals surface area contributed by atoms with E-state index in [1.807, 2.05) is 20.8 Å². The monoisotopic (exact) mass is 316 g/mol. The largest absolute Gasteiger partial charge is 0.509 e. The molecule has 0 amide bonds. The third-order valence-corrected chi connectivity index (χ3v) is 3.96. The molecular formula is C17H32O5. The Labute approximate surface area is 134 Å². The lowest BCUT2D eigenvalue weighted by atomic mass is 9.86. The van der Waals surface area contributed by atoms with Gasteiger partial charge >= 0.3 is 12.1 Å². The zero-order valence-corrected chi connectivity index (χ0v) is 15.7. The van der Waals surface area contributed by atoms with Gasteiger partial charge in [0, 0.05) is 0 Å². The molecule has 0 rings (SSSR count). The summed E-state index contributed by atoms with van der Waals surface area (Å²) in [5, 5.41) is 0. The van der Waals surface area contributed by atoms with Crippen LogP contribution in [0.15, 0.2) is 0 Å². The molecule has 0 aliphatic carbocycles. The van der Waals surface area contributed by atoms with E-state index >= 15 is 0 Å². The molecular weight excluding hydrogens is 284 g/mol. The lowest BCUT2D eigenvalue weighted by molar-refractivity contribution is -0.195. The second kappa shape index (κ2) is 6.47. The third-order valence-electron chi connectivity index (χ3n) is 3.96. The van der Waals surface area contributed by atoms with E-state index in [2.05, 4.69) is 0 Å². The van der Waals surface area contributed by atoms with Gasteiger partial charge in [0.25, 0.3) is 0 Å². The predicted molar refractivity (Wildman–Crippen MR) is 85.6 cm³/mol. The molecule has 22 heavy (non-hydrogen) atoms. The summed E-state index contributed by atoms with van der Waals surface area (Å²) in [7, 11) is 0. The highest BCUT2D eigenvalue weighted by atomic mass is 16.7. The first-order valence-corrected chi connectivity index (χ1v) is 7.69. The lowest BCUT2D eigenvalue weighted by Gasteiger charge is -2.41. The molecule has 5 nitrogen and oxygen atoms in total. The van der Waals surface area contributed by atoms with E-state index in [1.54, 1.807) is 48.5 Å². The van der Waals surface area contributed by atoms with Crippen molar-refractivity contribution in [1.82, 2.24) is 0 Å². The van der Waals surface area contributed by atoms with Gasteiger partial charge in [-0.2, -0.15) is 0 Å². The van der Waals surface area contributed by atoms with Crippen LogP contribution < -0.4 is 0 Å². The SMILES string of the molecule is CCC(C)(C)C(=O)OC(C)(C)C(C)(C)OC(=O)OC(C)(C)C. The summed E-state index contributed by atoms with van der Waals surface area (Å²) < 4.78 is 16.2. The topological polar surface area (TPSA) is 61.8 Å². The van der Waals surface area contributed by atoms with Crippen LogP contribution in [0.4, 0.5) is 4.79 Å². The second-order valence-electron chi connectivity index (χ2n) is 8.21. The fourth-order valence-electron chi connectivity index (χ4n) is 1.24. The van der Waals surface area contributed by atoms with Crippen LogP contribution in [-0.4, -0.2) is 28.9 Å². The highest BCUT2D eigenvalue weighted by Crippen LogP contribution is 2.33. The Hall–Kier alpha value is -1.26. The fourth-order valence-corrected chi connectivity index (χ4v) is 1.24. The quantitative estimate of drug-likeness (QED) is 0.700. The Morgan fingerprint density at radius 1 is 0.727 bits per heavy atom. The molecule has 0 saturated carbocycles. The van der Waals surface area contributed by atoms with Crippen LogP contribution in [0.25, 0.3) is 0 Å². The number of carbonyl (C=O) groups is 2. The van der Waals surface area contributed by atoms with Crippen molar-refractivity contribution in [2.24, 2.45) is 5.41 Å². The molecule has 0 aromatic rings. The first-order valence-electron chi connectivity index (χ1n) is 7.69. The van der Waals surface area contributed by atoms with E-state index in [0.717, 1.165) is 0 Å². The minimum atomic E-state index is -1.03. The van der Waals surface area contributed by atoms with Crippen LogP contribution in [0.5, 0.6) is 0 Å². The highest BCUT2D eigenvalue weighted by molar-refractivity contribution is 5.76. The summed E-state index contributed by atoms with van der Waals surface area (Å²) in [6.45, 7) is 17.7. The Morgan fingerprint density at radius 3 is 1.50 bits per heavy atom. The molecule has 0 N–H and O–H groups in total. The van der Waals surface area contributed by atoms with Gasteiger partial charge in [0.1, 0.15) is 16.8 Å². The second-order valence-corrected chi connectivity index (χ2v) is 8.21. The van der Waals surface area contributed by atoms with Gasteiger partial charge in [0.15, 0.2) is 0 Å². The van der Waals surface area contributed by atoms with Crippen molar-refractivity contribution in [1.29, 1.82) is 0 Å². The molecule has 0 aromatic carbocycles. The Morgan fingerprint density at radius 2 is 1.14 bits per heavy atom. The molecule has 0 atom stereocenters. The molecule has 0 saturated heterocycles. The average Bonchev–Trinajstić information content (AvgIpc) is 2.24. The summed E-state index contributed by atoms with van der Waals surface area (Å²) in [6, 6.07) is 0. The predicted octanol–water partition coefficient (Wildman–Crippen LogP) is 4.47. The number of carbonyl (C=O) groups excluding carboxylic acids is 2. The Balaban J connectivity index is 5.02. The van der Waals surface area contributed by atoms with Crippen LogP contribution in [0.1, 0.15) is 75.7 Å². The van der Waals surface area contributed by atoms with Gasteiger partial charge < -0.3 is 14.2 Å². The van der Waals surface area contributed by atoms with Crippen molar-refractivity contribution < 1.29 is 23.8 Å². The summed E-state index contributed by atoms with van der Waals surface area (Å²) in [5.41, 5.74) is -3.25. The van der Waals surface area contributed by atoms with E-state index in [4.69, 9.17) is 14.2 Å². The Bertz CT molecular complexity index is 413. The Kier molecular flexibility index (Phi) is 6.10. The van der Waals surface area contributed by atoms with Crippen molar-refractivity contribution in [2.45, 2.75) is 92.5 Å². The number of ether oxygens (including phenoxy) is 3. The highest BCUT2D eigenvalue weighted by Gasteiger charge is 2.46. The molecule has 0 unspecified atom stereocenters. The molecule has 0 fully saturated rings. The summed E-state index contributed by atoms with van der Waals surface area (Å²) >= 11 is 0. The first kappa shape index (κ1) is 20.7. The third kappa shape index (κ3) is 5.85. The van der Waals surface area contributed by atoms with Crippen molar-refractivity contribution in [3.05, 3.63) is 0 Å². The maximum Gasteiger partial charge on any atom is 0.509 e. The van der Waals surface area contributed by atoms with Crippen LogP contribution in [0, 0.1) is 5.41 Å². The van der Waals surface area contributed by atoms with Crippen molar-refractivity contribution in [3.8, 4) is 0 Å². The summed E-state index contributed by atoms with van der Waals surface area (Å²) in [5.74, 6) is -0.319. The van der Waals surface area contributed by atoms with E-state index in [-0.39, 0.29) is 5.97 Å². The minimum Gasteiger partial charge on any atom is -0.455 e. The molecule has 0 radical (unpaired) electrons. The maximum atomic E-state index is 12.3. The van der Waals surface area contributed by atoms with Gasteiger partial charge in [-0.25, -0.2) is 4.79 Å². The van der Waals surface area contributed by atoms with E-state index in [1.165, 1.54) is 0 Å². The minimum absolute atomic E-state index is 0.319. The number of esters is 1. The van der Waals surface area contributed by atoms with Crippen LogP contribution in [-0.2, 0) is 19.0 Å². The van der Waals surface area contributed by atoms with Gasteiger partial charge in [-0.1, -0.05) is 6.92 Å². The number of rotatable bonds is 5. The number of hydrogen-bond donors (Lipinski definition) is 0. The smallest absolute Gasteiger partial charge is 0.455 e. The van der Waals surface area contributed by atoms with Gasteiger partial charge in [-0.3, -0.25) is 4.79 Å². The van der Waals surface area contributed by atoms with Crippen LogP contribution in [0.2, 0.25) is 0 Å². The normalized spacial score (nSPS) is 13.5. The van der Waals surface area contributed by atoms with Gasteiger partial charge in [0.2, 0.25) is 0 Å². The molecule has 0 bridgehead atoms. The van der Waals surface area contributed by atoms with E-state index < -0.39 is 28.4 Å².